The smallest absolute Gasteiger partial charge is 0.255 e. The lowest BCUT2D eigenvalue weighted by Crippen LogP contribution is -2.39. The number of nitrogens with zero attached hydrogens (tertiary/aromatic N) is 5. The second-order valence-electron chi connectivity index (χ2n) is 11.2. The molecule has 0 spiro atoms. The number of piperidine rings is 1. The van der Waals surface area contributed by atoms with Crippen LogP contribution >= 0.6 is 0 Å². The van der Waals surface area contributed by atoms with Crippen LogP contribution in [-0.2, 0) is 16.0 Å². The Morgan fingerprint density at radius 1 is 1.00 bits per heavy atom. The van der Waals surface area contributed by atoms with Crippen molar-refractivity contribution in [3.8, 4) is 22.7 Å². The number of methoxy groups -OCH3 is 3. The maximum atomic E-state index is 15.6. The van der Waals surface area contributed by atoms with Crippen LogP contribution < -0.4 is 20.7 Å². The van der Waals surface area contributed by atoms with Gasteiger partial charge in [0.25, 0.3) is 5.91 Å². The summed E-state index contributed by atoms with van der Waals surface area (Å²) in [6.45, 7) is 1.56. The fraction of sp³-hybridized carbons (Fsp3) is 0.294. The number of nitrogens with two attached hydrogens (primary N) is 1. The molecular weight excluding hydrogens is 608 g/mol. The Hall–Kier alpha value is -5.14. The number of carbonyl (C=O) groups is 1. The molecule has 0 radical (unpaired) electrons. The average Bonchev–Trinajstić information content (AvgIpc) is 3.49. The first-order valence-corrected chi connectivity index (χ1v) is 15.1. The summed E-state index contributed by atoms with van der Waals surface area (Å²) in [4.78, 5) is 23.4. The predicted octanol–water partition coefficient (Wildman–Crippen LogP) is 5.12. The van der Waals surface area contributed by atoms with E-state index < -0.39 is 11.7 Å². The number of amides is 1. The molecule has 0 aliphatic carbocycles. The largest absolute Gasteiger partial charge is 0.496 e. The molecule has 5 aromatic rings. The number of ether oxygens (including phenoxy) is 3. The molecule has 6 rings (SSSR count). The molecule has 3 aromatic carbocycles. The molecule has 1 saturated heterocycles. The van der Waals surface area contributed by atoms with Crippen molar-refractivity contribution in [2.45, 2.75) is 25.7 Å². The van der Waals surface area contributed by atoms with Gasteiger partial charge in [0.2, 0.25) is 0 Å². The second kappa shape index (κ2) is 13.7. The Bertz CT molecular complexity index is 1890. The van der Waals surface area contributed by atoms with E-state index >= 15 is 4.39 Å². The molecule has 0 unspecified atom stereocenters. The van der Waals surface area contributed by atoms with Crippen molar-refractivity contribution in [1.29, 1.82) is 0 Å². The zero-order chi connectivity index (χ0) is 33.1. The van der Waals surface area contributed by atoms with Crippen molar-refractivity contribution >= 4 is 28.4 Å². The van der Waals surface area contributed by atoms with Crippen molar-refractivity contribution in [3.63, 3.8) is 0 Å². The molecular formula is C34H35F2N7O4. The van der Waals surface area contributed by atoms with Gasteiger partial charge < -0.3 is 30.2 Å². The standard InChI is InChI=1S/C34H35F2N7O4/c1-45-28-11-8-23(35)16-25(28)33(44)38-18-20-4-6-21(7-5-20)30-29-31(37)39-19-40-32(29)43(41-30)24-9-10-27(26(36)17-24)42-14-12-22(13-15-42)34(46-2)47-3/h4-11,16-17,19,22,34H,12-15,18H2,1-3H3,(H,38,44)(H2,37,39,40). The third-order valence-electron chi connectivity index (χ3n) is 8.49. The van der Waals surface area contributed by atoms with E-state index in [4.69, 9.17) is 25.0 Å². The molecule has 2 aromatic heterocycles. The summed E-state index contributed by atoms with van der Waals surface area (Å²) in [5, 5.41) is 8.12. The van der Waals surface area contributed by atoms with Gasteiger partial charge in [-0.25, -0.2) is 23.4 Å². The third-order valence-corrected chi connectivity index (χ3v) is 8.49. The number of carbonyl (C=O) groups excluding carboxylic acids is 1. The van der Waals surface area contributed by atoms with Crippen LogP contribution in [0.5, 0.6) is 5.75 Å². The summed E-state index contributed by atoms with van der Waals surface area (Å²) in [7, 11) is 4.69. The van der Waals surface area contributed by atoms with Crippen molar-refractivity contribution in [2.75, 3.05) is 45.1 Å². The van der Waals surface area contributed by atoms with Crippen LogP contribution in [0.25, 0.3) is 28.0 Å². The number of hydrogen-bond donors (Lipinski definition) is 2. The number of anilines is 2. The zero-order valence-electron chi connectivity index (χ0n) is 26.2. The topological polar surface area (TPSA) is 130 Å². The van der Waals surface area contributed by atoms with Crippen LogP contribution in [0.2, 0.25) is 0 Å². The maximum Gasteiger partial charge on any atom is 0.255 e. The van der Waals surface area contributed by atoms with Crippen LogP contribution in [0.3, 0.4) is 0 Å². The van der Waals surface area contributed by atoms with Gasteiger partial charge in [-0.05, 0) is 48.7 Å². The predicted molar refractivity (Wildman–Crippen MR) is 173 cm³/mol. The summed E-state index contributed by atoms with van der Waals surface area (Å²) in [5.74, 6) is -0.603. The van der Waals surface area contributed by atoms with E-state index in [9.17, 15) is 9.18 Å². The van der Waals surface area contributed by atoms with Gasteiger partial charge >= 0.3 is 0 Å². The van der Waals surface area contributed by atoms with Crippen molar-refractivity contribution in [3.05, 3.63) is 89.8 Å². The summed E-state index contributed by atoms with van der Waals surface area (Å²) in [6, 6.07) is 16.1. The lowest BCUT2D eigenvalue weighted by molar-refractivity contribution is -0.141. The van der Waals surface area contributed by atoms with E-state index in [0.717, 1.165) is 30.0 Å². The van der Waals surface area contributed by atoms with E-state index in [-0.39, 0.29) is 41.7 Å². The lowest BCUT2D eigenvalue weighted by Gasteiger charge is -2.36. The quantitative estimate of drug-likeness (QED) is 0.199. The first kappa shape index (κ1) is 31.8. The first-order valence-electron chi connectivity index (χ1n) is 15.1. The van der Waals surface area contributed by atoms with Gasteiger partial charge in [-0.15, -0.1) is 0 Å². The Morgan fingerprint density at radius 2 is 1.74 bits per heavy atom. The molecule has 1 aliphatic rings. The number of aromatic nitrogens is 4. The summed E-state index contributed by atoms with van der Waals surface area (Å²) in [5.41, 5.74) is 9.89. The van der Waals surface area contributed by atoms with E-state index in [0.29, 0.717) is 41.2 Å². The van der Waals surface area contributed by atoms with Gasteiger partial charge in [-0.2, -0.15) is 5.10 Å². The van der Waals surface area contributed by atoms with Crippen LogP contribution in [0.4, 0.5) is 20.3 Å². The van der Waals surface area contributed by atoms with Crippen LogP contribution in [0, 0.1) is 17.6 Å². The Morgan fingerprint density at radius 3 is 2.43 bits per heavy atom. The maximum absolute atomic E-state index is 15.6. The van der Waals surface area contributed by atoms with Gasteiger partial charge in [-0.1, -0.05) is 24.3 Å². The molecule has 47 heavy (non-hydrogen) atoms. The fourth-order valence-electron chi connectivity index (χ4n) is 6.05. The number of nitrogens with one attached hydrogen (secondary N) is 1. The molecule has 244 valence electrons. The lowest BCUT2D eigenvalue weighted by atomic mass is 9.95. The van der Waals surface area contributed by atoms with Gasteiger partial charge in [0.15, 0.2) is 11.9 Å². The van der Waals surface area contributed by atoms with Crippen molar-refractivity contribution < 1.29 is 27.8 Å². The minimum Gasteiger partial charge on any atom is -0.496 e. The molecule has 13 heteroatoms. The van der Waals surface area contributed by atoms with E-state index in [1.165, 1.54) is 31.6 Å². The molecule has 3 N–H and O–H groups in total. The molecule has 1 amide bonds. The highest BCUT2D eigenvalue weighted by atomic mass is 19.1. The molecule has 0 atom stereocenters. The number of benzene rings is 3. The van der Waals surface area contributed by atoms with Crippen LogP contribution in [0.15, 0.2) is 67.0 Å². The zero-order valence-corrected chi connectivity index (χ0v) is 26.2. The van der Waals surface area contributed by atoms with Gasteiger partial charge in [0, 0.05) is 51.4 Å². The number of hydrogen-bond acceptors (Lipinski definition) is 9. The van der Waals surface area contributed by atoms with Gasteiger partial charge in [-0.3, -0.25) is 4.79 Å². The second-order valence-corrected chi connectivity index (χ2v) is 11.2. The monoisotopic (exact) mass is 643 g/mol. The molecule has 0 bridgehead atoms. The number of fused-ring (bicyclic) bond motifs is 1. The van der Waals surface area contributed by atoms with Crippen LogP contribution in [-0.4, -0.2) is 66.4 Å². The van der Waals surface area contributed by atoms with Crippen molar-refractivity contribution in [1.82, 2.24) is 25.1 Å². The highest BCUT2D eigenvalue weighted by Gasteiger charge is 2.28. The Balaban J connectivity index is 1.22. The SMILES string of the molecule is COc1ccc(F)cc1C(=O)NCc1ccc(-c2nn(-c3ccc(N4CCC(C(OC)OC)CC4)c(F)c3)c3ncnc(N)c23)cc1. The summed E-state index contributed by atoms with van der Waals surface area (Å²) < 4.78 is 47.0. The third kappa shape index (κ3) is 6.44. The molecule has 0 saturated carbocycles. The van der Waals surface area contributed by atoms with E-state index in [2.05, 4.69) is 15.3 Å². The van der Waals surface area contributed by atoms with E-state index in [1.807, 2.05) is 35.2 Å². The normalized spacial score (nSPS) is 13.8. The highest BCUT2D eigenvalue weighted by Crippen LogP contribution is 2.34. The minimum atomic E-state index is -0.534. The Kier molecular flexibility index (Phi) is 9.27. The highest BCUT2D eigenvalue weighted by molar-refractivity contribution is 5.99. The van der Waals surface area contributed by atoms with E-state index in [1.54, 1.807) is 25.0 Å². The van der Waals surface area contributed by atoms with Crippen LogP contribution in [0.1, 0.15) is 28.8 Å². The summed E-state index contributed by atoms with van der Waals surface area (Å²) in [6.07, 6.45) is 2.73. The molecule has 1 aliphatic heterocycles. The Labute approximate surface area is 270 Å². The number of nitrogen functional groups attached to an aromatic ring is 1. The first-order chi connectivity index (χ1) is 22.8. The number of halogens is 2. The van der Waals surface area contributed by atoms with Crippen molar-refractivity contribution in [2.24, 2.45) is 5.92 Å². The summed E-state index contributed by atoms with van der Waals surface area (Å²) >= 11 is 0. The average molecular weight is 644 g/mol. The van der Waals surface area contributed by atoms with Gasteiger partial charge in [0.05, 0.1) is 29.4 Å². The molecule has 3 heterocycles. The van der Waals surface area contributed by atoms with Gasteiger partial charge in [0.1, 0.15) is 35.2 Å². The molecule has 11 nitrogen and oxygen atoms in total. The number of rotatable bonds is 10. The minimum absolute atomic E-state index is 0.105. The fourth-order valence-corrected chi connectivity index (χ4v) is 6.05. The molecule has 1 fully saturated rings.